The third-order valence-electron chi connectivity index (χ3n) is 2.49. The summed E-state index contributed by atoms with van der Waals surface area (Å²) in [6.07, 6.45) is 0.250. The first kappa shape index (κ1) is 15.5. The van der Waals surface area contributed by atoms with E-state index in [1.165, 1.54) is 5.56 Å². The average molecular weight is 267 g/mol. The monoisotopic (exact) mass is 267 g/mol. The Labute approximate surface area is 113 Å². The Morgan fingerprint density at radius 1 is 1.21 bits per heavy atom. The average Bonchev–Trinajstić information content (AvgIpc) is 2.37. The van der Waals surface area contributed by atoms with E-state index in [1.807, 2.05) is 32.0 Å². The Bertz CT molecular complexity index is 406. The lowest BCUT2D eigenvalue weighted by Crippen LogP contribution is -2.26. The molecule has 5 nitrogen and oxygen atoms in total. The molecule has 0 saturated carbocycles. The highest BCUT2D eigenvalue weighted by molar-refractivity contribution is 5.74. The zero-order chi connectivity index (χ0) is 14.1. The highest BCUT2D eigenvalue weighted by Gasteiger charge is 2.03. The normalized spacial score (nSPS) is 10.3. The maximum Gasteiger partial charge on any atom is 0.246 e. The molecular weight excluding hydrogens is 246 g/mol. The van der Waals surface area contributed by atoms with Crippen LogP contribution in [0.3, 0.4) is 0 Å². The van der Waals surface area contributed by atoms with Crippen molar-refractivity contribution < 1.29 is 19.1 Å². The summed E-state index contributed by atoms with van der Waals surface area (Å²) < 4.78 is 10.3. The third kappa shape index (κ3) is 6.22. The number of amides is 1. The first-order valence-corrected chi connectivity index (χ1v) is 6.23. The molecule has 0 radical (unpaired) electrons. The van der Waals surface area contributed by atoms with Gasteiger partial charge in [-0.05, 0) is 25.5 Å². The van der Waals surface area contributed by atoms with Crippen molar-refractivity contribution in [3.63, 3.8) is 0 Å². The van der Waals surface area contributed by atoms with Crippen LogP contribution in [0, 0.1) is 13.8 Å². The van der Waals surface area contributed by atoms with Crippen molar-refractivity contribution in [3.05, 3.63) is 29.3 Å². The van der Waals surface area contributed by atoms with Crippen LogP contribution in [0.5, 0.6) is 5.75 Å². The fraction of sp³-hybridized carbons (Fsp3) is 0.500. The predicted molar refractivity (Wildman–Crippen MR) is 72.0 cm³/mol. The van der Waals surface area contributed by atoms with Crippen molar-refractivity contribution >= 4 is 5.91 Å². The molecule has 19 heavy (non-hydrogen) atoms. The molecule has 0 saturated heterocycles. The molecule has 0 bridgehead atoms. The maximum atomic E-state index is 11.4. The number of ether oxygens (including phenoxy) is 2. The van der Waals surface area contributed by atoms with E-state index in [-0.39, 0.29) is 12.3 Å². The summed E-state index contributed by atoms with van der Waals surface area (Å²) in [5, 5.41) is 0. The van der Waals surface area contributed by atoms with Crippen LogP contribution in [0.1, 0.15) is 17.5 Å². The molecule has 0 aromatic heterocycles. The number of hydrogen-bond acceptors (Lipinski definition) is 4. The molecule has 5 heteroatoms. The van der Waals surface area contributed by atoms with E-state index in [4.69, 9.17) is 14.3 Å². The van der Waals surface area contributed by atoms with Crippen LogP contribution in [0.25, 0.3) is 0 Å². The van der Waals surface area contributed by atoms with Gasteiger partial charge >= 0.3 is 0 Å². The summed E-state index contributed by atoms with van der Waals surface area (Å²) in [6, 6.07) is 5.94. The van der Waals surface area contributed by atoms with Gasteiger partial charge in [0.1, 0.15) is 5.75 Å². The molecule has 106 valence electrons. The number of methoxy groups -OCH3 is 1. The van der Waals surface area contributed by atoms with Crippen molar-refractivity contribution in [1.82, 2.24) is 5.48 Å². The van der Waals surface area contributed by atoms with Gasteiger partial charge in [0.15, 0.2) is 0 Å². The Morgan fingerprint density at radius 2 is 2.00 bits per heavy atom. The fourth-order valence-electron chi connectivity index (χ4n) is 1.52. The van der Waals surface area contributed by atoms with Gasteiger partial charge in [-0.25, -0.2) is 5.48 Å². The van der Waals surface area contributed by atoms with Gasteiger partial charge in [0.05, 0.1) is 26.2 Å². The van der Waals surface area contributed by atoms with Crippen molar-refractivity contribution in [2.24, 2.45) is 0 Å². The van der Waals surface area contributed by atoms with Crippen LogP contribution in [0.15, 0.2) is 18.2 Å². The van der Waals surface area contributed by atoms with Crippen molar-refractivity contribution in [2.45, 2.75) is 20.3 Å². The molecule has 0 fully saturated rings. The van der Waals surface area contributed by atoms with Gasteiger partial charge in [-0.1, -0.05) is 17.7 Å². The van der Waals surface area contributed by atoms with E-state index in [0.29, 0.717) is 19.8 Å². The fourth-order valence-corrected chi connectivity index (χ4v) is 1.52. The first-order valence-electron chi connectivity index (χ1n) is 6.23. The van der Waals surface area contributed by atoms with E-state index in [2.05, 4.69) is 5.48 Å². The van der Waals surface area contributed by atoms with Gasteiger partial charge in [0, 0.05) is 7.11 Å². The van der Waals surface area contributed by atoms with Crippen LogP contribution < -0.4 is 10.2 Å². The molecule has 0 aliphatic rings. The number of benzene rings is 1. The second-order valence-corrected chi connectivity index (χ2v) is 4.23. The standard InChI is InChI=1S/C14H21NO4/c1-11-4-5-13(12(2)10-11)18-7-6-14(16)15-19-9-8-17-3/h4-5,10H,6-9H2,1-3H3,(H,15,16). The Kier molecular flexibility index (Phi) is 6.92. The minimum Gasteiger partial charge on any atom is -0.493 e. The number of carbonyl (C=O) groups is 1. The highest BCUT2D eigenvalue weighted by atomic mass is 16.7. The zero-order valence-electron chi connectivity index (χ0n) is 11.7. The minimum atomic E-state index is -0.208. The molecule has 0 atom stereocenters. The lowest BCUT2D eigenvalue weighted by atomic mass is 10.1. The zero-order valence-corrected chi connectivity index (χ0v) is 11.7. The quantitative estimate of drug-likeness (QED) is 0.576. The van der Waals surface area contributed by atoms with Gasteiger partial charge in [-0.15, -0.1) is 0 Å². The Hall–Kier alpha value is -1.59. The van der Waals surface area contributed by atoms with E-state index >= 15 is 0 Å². The minimum absolute atomic E-state index is 0.208. The maximum absolute atomic E-state index is 11.4. The molecule has 0 spiro atoms. The van der Waals surface area contributed by atoms with Crippen molar-refractivity contribution in [1.29, 1.82) is 0 Å². The van der Waals surface area contributed by atoms with Gasteiger partial charge in [0.25, 0.3) is 0 Å². The van der Waals surface area contributed by atoms with Gasteiger partial charge < -0.3 is 9.47 Å². The number of hydroxylamine groups is 1. The largest absolute Gasteiger partial charge is 0.493 e. The van der Waals surface area contributed by atoms with Crippen LogP contribution >= 0.6 is 0 Å². The smallest absolute Gasteiger partial charge is 0.246 e. The number of carbonyl (C=O) groups excluding carboxylic acids is 1. The molecule has 1 N–H and O–H groups in total. The van der Waals surface area contributed by atoms with Crippen LogP contribution in [-0.2, 0) is 14.4 Å². The molecule has 0 aliphatic heterocycles. The third-order valence-corrected chi connectivity index (χ3v) is 2.49. The summed E-state index contributed by atoms with van der Waals surface area (Å²) in [5.74, 6) is 0.597. The summed E-state index contributed by atoms with van der Waals surface area (Å²) >= 11 is 0. The van der Waals surface area contributed by atoms with E-state index in [1.54, 1.807) is 7.11 Å². The van der Waals surface area contributed by atoms with Gasteiger partial charge in [-0.2, -0.15) is 0 Å². The topological polar surface area (TPSA) is 56.8 Å². The Morgan fingerprint density at radius 3 is 2.68 bits per heavy atom. The lowest BCUT2D eigenvalue weighted by Gasteiger charge is -2.10. The van der Waals surface area contributed by atoms with E-state index < -0.39 is 0 Å². The van der Waals surface area contributed by atoms with Crippen molar-refractivity contribution in [3.8, 4) is 5.75 Å². The molecule has 1 amide bonds. The summed E-state index contributed by atoms with van der Waals surface area (Å²) in [5.41, 5.74) is 4.58. The van der Waals surface area contributed by atoms with Crippen molar-refractivity contribution in [2.75, 3.05) is 26.9 Å². The van der Waals surface area contributed by atoms with Gasteiger partial charge in [0.2, 0.25) is 5.91 Å². The predicted octanol–water partition coefficient (Wildman–Crippen LogP) is 1.77. The van der Waals surface area contributed by atoms with E-state index in [9.17, 15) is 4.79 Å². The number of nitrogens with one attached hydrogen (secondary N) is 1. The molecule has 1 aromatic carbocycles. The summed E-state index contributed by atoms with van der Waals surface area (Å²) in [6.45, 7) is 5.11. The number of aryl methyl sites for hydroxylation is 2. The SMILES string of the molecule is COCCONC(=O)CCOc1ccc(C)cc1C. The summed E-state index contributed by atoms with van der Waals surface area (Å²) in [7, 11) is 1.57. The first-order chi connectivity index (χ1) is 9.13. The number of rotatable bonds is 8. The van der Waals surface area contributed by atoms with Crippen LogP contribution in [-0.4, -0.2) is 32.8 Å². The van der Waals surface area contributed by atoms with Gasteiger partial charge in [-0.3, -0.25) is 9.63 Å². The molecule has 1 aromatic rings. The lowest BCUT2D eigenvalue weighted by molar-refractivity contribution is -0.135. The second kappa shape index (κ2) is 8.50. The second-order valence-electron chi connectivity index (χ2n) is 4.23. The van der Waals surface area contributed by atoms with Crippen LogP contribution in [0.4, 0.5) is 0 Å². The molecule has 1 rings (SSSR count). The summed E-state index contributed by atoms with van der Waals surface area (Å²) in [4.78, 5) is 16.3. The molecule has 0 aliphatic carbocycles. The molecule has 0 unspecified atom stereocenters. The van der Waals surface area contributed by atoms with E-state index in [0.717, 1.165) is 11.3 Å². The number of hydrogen-bond donors (Lipinski definition) is 1. The molecule has 0 heterocycles. The van der Waals surface area contributed by atoms with Crippen LogP contribution in [0.2, 0.25) is 0 Å². The molecular formula is C14H21NO4. The Balaban J connectivity index is 2.20. The highest BCUT2D eigenvalue weighted by Crippen LogP contribution is 2.18.